The zero-order valence-electron chi connectivity index (χ0n) is 13.3. The molecule has 120 valence electrons. The lowest BCUT2D eigenvalue weighted by Gasteiger charge is -2.22. The van der Waals surface area contributed by atoms with Crippen molar-refractivity contribution in [1.82, 2.24) is 20.2 Å². The highest BCUT2D eigenvalue weighted by atomic mass is 32.2. The van der Waals surface area contributed by atoms with Crippen LogP contribution in [0.25, 0.3) is 0 Å². The Kier molecular flexibility index (Phi) is 4.75. The average Bonchev–Trinajstić information content (AvgIpc) is 3.17. The number of rotatable bonds is 8. The van der Waals surface area contributed by atoms with Crippen molar-refractivity contribution in [2.75, 3.05) is 6.54 Å². The van der Waals surface area contributed by atoms with Gasteiger partial charge >= 0.3 is 0 Å². The van der Waals surface area contributed by atoms with Crippen molar-refractivity contribution in [2.24, 2.45) is 5.41 Å². The smallest absolute Gasteiger partial charge is 0.260 e. The van der Waals surface area contributed by atoms with Gasteiger partial charge in [-0.2, -0.15) is 5.10 Å². The van der Waals surface area contributed by atoms with Crippen molar-refractivity contribution in [3.8, 4) is 0 Å². The van der Waals surface area contributed by atoms with Crippen molar-refractivity contribution in [3.63, 3.8) is 0 Å². The molecule has 3 N–H and O–H groups in total. The summed E-state index contributed by atoms with van der Waals surface area (Å²) in [7, 11) is -3.57. The summed E-state index contributed by atoms with van der Waals surface area (Å²) < 4.78 is 27.6. The van der Waals surface area contributed by atoms with Gasteiger partial charge in [0.2, 0.25) is 0 Å². The third kappa shape index (κ3) is 4.28. The summed E-state index contributed by atoms with van der Waals surface area (Å²) in [6, 6.07) is 0.529. The summed E-state index contributed by atoms with van der Waals surface area (Å²) in [5, 5.41) is 10.3. The summed E-state index contributed by atoms with van der Waals surface area (Å²) in [5.74, 6) is 0. The zero-order valence-corrected chi connectivity index (χ0v) is 14.1. The van der Waals surface area contributed by atoms with Crippen molar-refractivity contribution < 1.29 is 8.42 Å². The molecule has 0 unspecified atom stereocenters. The Labute approximate surface area is 127 Å². The van der Waals surface area contributed by atoms with Gasteiger partial charge in [0.1, 0.15) is 0 Å². The fourth-order valence-electron chi connectivity index (χ4n) is 1.88. The van der Waals surface area contributed by atoms with E-state index in [1.807, 2.05) is 20.8 Å². The molecule has 7 heteroatoms. The van der Waals surface area contributed by atoms with Crippen molar-refractivity contribution in [2.45, 2.75) is 64.6 Å². The van der Waals surface area contributed by atoms with Crippen LogP contribution in [0.1, 0.15) is 51.3 Å². The lowest BCUT2D eigenvalue weighted by atomic mass is 9.91. The maximum atomic E-state index is 12.5. The van der Waals surface area contributed by atoms with Gasteiger partial charge in [0.15, 0.2) is 5.03 Å². The van der Waals surface area contributed by atoms with Crippen LogP contribution >= 0.6 is 0 Å². The summed E-state index contributed by atoms with van der Waals surface area (Å²) in [4.78, 5) is 0. The van der Waals surface area contributed by atoms with Gasteiger partial charge in [0.25, 0.3) is 10.0 Å². The van der Waals surface area contributed by atoms with Crippen LogP contribution in [0.2, 0.25) is 0 Å². The first kappa shape index (κ1) is 16.5. The van der Waals surface area contributed by atoms with E-state index in [1.54, 1.807) is 0 Å². The van der Waals surface area contributed by atoms with Gasteiger partial charge in [-0.05, 0) is 31.6 Å². The molecule has 1 heterocycles. The number of aryl methyl sites for hydroxylation is 1. The Morgan fingerprint density at radius 2 is 2.05 bits per heavy atom. The SMILES string of the molecule is CCC(C)(C)CNS(=O)(=O)c1n[nH]c(C)c1CNC1CC1. The Hall–Kier alpha value is -0.920. The van der Waals surface area contributed by atoms with Gasteiger partial charge in [-0.25, -0.2) is 13.1 Å². The van der Waals surface area contributed by atoms with Crippen molar-refractivity contribution in [3.05, 3.63) is 11.3 Å². The molecule has 1 fully saturated rings. The van der Waals surface area contributed by atoms with Crippen molar-refractivity contribution in [1.29, 1.82) is 0 Å². The number of nitrogens with zero attached hydrogens (tertiary/aromatic N) is 1. The number of nitrogens with one attached hydrogen (secondary N) is 3. The standard InChI is InChI=1S/C14H26N4O2S/c1-5-14(3,4)9-16-21(19,20)13-12(10(2)17-18-13)8-15-11-6-7-11/h11,15-16H,5-9H2,1-4H3,(H,17,18). The second kappa shape index (κ2) is 6.06. The van der Waals surface area contributed by atoms with E-state index in [-0.39, 0.29) is 10.4 Å². The van der Waals surface area contributed by atoms with Gasteiger partial charge in [-0.15, -0.1) is 0 Å². The Bertz CT molecular complexity index is 588. The van der Waals surface area contributed by atoms with E-state index in [4.69, 9.17) is 0 Å². The highest BCUT2D eigenvalue weighted by Crippen LogP contribution is 2.23. The summed E-state index contributed by atoms with van der Waals surface area (Å²) >= 11 is 0. The number of H-pyrrole nitrogens is 1. The topological polar surface area (TPSA) is 86.9 Å². The molecule has 1 aliphatic rings. The minimum atomic E-state index is -3.57. The molecule has 0 amide bonds. The minimum Gasteiger partial charge on any atom is -0.310 e. The molecule has 0 spiro atoms. The monoisotopic (exact) mass is 314 g/mol. The quantitative estimate of drug-likeness (QED) is 0.681. The van der Waals surface area contributed by atoms with E-state index in [1.165, 1.54) is 12.8 Å². The number of sulfonamides is 1. The van der Waals surface area contributed by atoms with Gasteiger partial charge in [0, 0.05) is 30.4 Å². The molecule has 1 aromatic rings. The molecule has 6 nitrogen and oxygen atoms in total. The maximum Gasteiger partial charge on any atom is 0.260 e. The summed E-state index contributed by atoms with van der Waals surface area (Å²) in [6.45, 7) is 8.94. The van der Waals surface area contributed by atoms with Crippen LogP contribution in [0.5, 0.6) is 0 Å². The van der Waals surface area contributed by atoms with E-state index in [0.29, 0.717) is 19.1 Å². The van der Waals surface area contributed by atoms with Crippen LogP contribution in [0.4, 0.5) is 0 Å². The van der Waals surface area contributed by atoms with Gasteiger partial charge in [0.05, 0.1) is 0 Å². The summed E-state index contributed by atoms with van der Waals surface area (Å²) in [5.41, 5.74) is 1.48. The van der Waals surface area contributed by atoms with E-state index in [0.717, 1.165) is 17.7 Å². The second-order valence-corrected chi connectivity index (χ2v) is 8.31. The fourth-order valence-corrected chi connectivity index (χ4v) is 3.31. The van der Waals surface area contributed by atoms with E-state index >= 15 is 0 Å². The third-order valence-corrected chi connectivity index (χ3v) is 5.50. The Morgan fingerprint density at radius 1 is 1.38 bits per heavy atom. The molecular weight excluding hydrogens is 288 g/mol. The highest BCUT2D eigenvalue weighted by Gasteiger charge is 2.28. The lowest BCUT2D eigenvalue weighted by Crippen LogP contribution is -2.34. The number of aromatic amines is 1. The molecule has 0 atom stereocenters. The van der Waals surface area contributed by atoms with Crippen molar-refractivity contribution >= 4 is 10.0 Å². The minimum absolute atomic E-state index is 0.0646. The third-order valence-electron chi connectivity index (χ3n) is 4.13. The first-order valence-corrected chi connectivity index (χ1v) is 9.00. The van der Waals surface area contributed by atoms with Crippen LogP contribution in [0.3, 0.4) is 0 Å². The molecule has 0 bridgehead atoms. The first-order chi connectivity index (χ1) is 9.75. The maximum absolute atomic E-state index is 12.5. The first-order valence-electron chi connectivity index (χ1n) is 7.52. The predicted molar refractivity (Wildman–Crippen MR) is 82.4 cm³/mol. The van der Waals surface area contributed by atoms with Gasteiger partial charge in [-0.1, -0.05) is 20.8 Å². The molecule has 0 saturated heterocycles. The largest absolute Gasteiger partial charge is 0.310 e. The highest BCUT2D eigenvalue weighted by molar-refractivity contribution is 7.89. The van der Waals surface area contributed by atoms with E-state index in [9.17, 15) is 8.42 Å². The van der Waals surface area contributed by atoms with E-state index < -0.39 is 10.0 Å². The predicted octanol–water partition coefficient (Wildman–Crippen LogP) is 1.68. The molecule has 1 saturated carbocycles. The van der Waals surface area contributed by atoms with Crippen LogP contribution < -0.4 is 10.0 Å². The molecule has 21 heavy (non-hydrogen) atoms. The molecule has 1 aromatic heterocycles. The molecule has 0 aliphatic heterocycles. The Morgan fingerprint density at radius 3 is 2.62 bits per heavy atom. The molecule has 0 aromatic carbocycles. The lowest BCUT2D eigenvalue weighted by molar-refractivity contribution is 0.350. The zero-order chi connectivity index (χ0) is 15.7. The molecule has 1 aliphatic carbocycles. The Balaban J connectivity index is 2.11. The molecule has 0 radical (unpaired) electrons. The molecular formula is C14H26N4O2S. The van der Waals surface area contributed by atoms with Crippen LogP contribution in [0, 0.1) is 12.3 Å². The second-order valence-electron chi connectivity index (χ2n) is 6.63. The van der Waals surface area contributed by atoms with Gasteiger partial charge < -0.3 is 5.32 Å². The summed E-state index contributed by atoms with van der Waals surface area (Å²) in [6.07, 6.45) is 3.25. The van der Waals surface area contributed by atoms with Crippen LogP contribution in [0.15, 0.2) is 5.03 Å². The van der Waals surface area contributed by atoms with Crippen LogP contribution in [-0.4, -0.2) is 31.2 Å². The number of aromatic nitrogens is 2. The number of hydrogen-bond acceptors (Lipinski definition) is 4. The van der Waals surface area contributed by atoms with Crippen LogP contribution in [-0.2, 0) is 16.6 Å². The number of hydrogen-bond donors (Lipinski definition) is 3. The fraction of sp³-hybridized carbons (Fsp3) is 0.786. The van der Waals surface area contributed by atoms with E-state index in [2.05, 4.69) is 27.2 Å². The molecule has 2 rings (SSSR count). The average molecular weight is 314 g/mol. The normalized spacial score (nSPS) is 16.4. The van der Waals surface area contributed by atoms with Gasteiger partial charge in [-0.3, -0.25) is 5.10 Å².